The quantitative estimate of drug-likeness (QED) is 0.841. The van der Waals surface area contributed by atoms with Crippen LogP contribution in [0.2, 0.25) is 0 Å². The van der Waals surface area contributed by atoms with Crippen molar-refractivity contribution in [2.24, 2.45) is 0 Å². The summed E-state index contributed by atoms with van der Waals surface area (Å²) in [6, 6.07) is 13.3. The van der Waals surface area contributed by atoms with E-state index in [0.29, 0.717) is 24.5 Å². The second-order valence-electron chi connectivity index (χ2n) is 5.43. The number of hydrogen-bond donors (Lipinski definition) is 1. The van der Waals surface area contributed by atoms with Crippen LogP contribution in [0.4, 0.5) is 5.69 Å². The molecule has 23 heavy (non-hydrogen) atoms. The fraction of sp³-hybridized carbons (Fsp3) is 0.316. The number of amides is 1. The van der Waals surface area contributed by atoms with Gasteiger partial charge in [-0.05, 0) is 48.7 Å². The molecule has 4 heteroatoms. The molecule has 0 bridgehead atoms. The average molecular weight is 313 g/mol. The molecular weight excluding hydrogens is 290 g/mol. The summed E-state index contributed by atoms with van der Waals surface area (Å²) in [7, 11) is 1.60. The first kappa shape index (κ1) is 16.9. The summed E-state index contributed by atoms with van der Waals surface area (Å²) in [6.07, 6.45) is 1.22. The van der Waals surface area contributed by atoms with E-state index < -0.39 is 0 Å². The van der Waals surface area contributed by atoms with E-state index in [-0.39, 0.29) is 5.91 Å². The fourth-order valence-corrected chi connectivity index (χ4v) is 2.27. The molecule has 0 saturated carbocycles. The molecule has 0 fully saturated rings. The Hall–Kier alpha value is -2.49. The van der Waals surface area contributed by atoms with Crippen LogP contribution in [0.15, 0.2) is 42.5 Å². The number of anilines is 1. The molecule has 0 spiro atoms. The van der Waals surface area contributed by atoms with Crippen molar-refractivity contribution in [3.8, 4) is 11.5 Å². The molecule has 2 aromatic rings. The second-order valence-corrected chi connectivity index (χ2v) is 5.43. The number of nitrogens with one attached hydrogen (secondary N) is 1. The number of methoxy groups -OCH3 is 1. The van der Waals surface area contributed by atoms with Crippen LogP contribution >= 0.6 is 0 Å². The van der Waals surface area contributed by atoms with Crippen molar-refractivity contribution >= 4 is 11.6 Å². The highest BCUT2D eigenvalue weighted by atomic mass is 16.5. The van der Waals surface area contributed by atoms with Gasteiger partial charge in [0.05, 0.1) is 20.1 Å². The van der Waals surface area contributed by atoms with E-state index in [1.165, 1.54) is 0 Å². The van der Waals surface area contributed by atoms with Crippen LogP contribution in [0.25, 0.3) is 0 Å². The van der Waals surface area contributed by atoms with Crippen LogP contribution in [-0.4, -0.2) is 19.6 Å². The number of ether oxygens (including phenoxy) is 2. The summed E-state index contributed by atoms with van der Waals surface area (Å²) in [5, 5.41) is 2.91. The van der Waals surface area contributed by atoms with Gasteiger partial charge in [0, 0.05) is 5.69 Å². The minimum absolute atomic E-state index is 0.0557. The van der Waals surface area contributed by atoms with E-state index in [1.807, 2.05) is 49.4 Å². The summed E-state index contributed by atoms with van der Waals surface area (Å²) >= 11 is 0. The average Bonchev–Trinajstić information content (AvgIpc) is 2.53. The van der Waals surface area contributed by atoms with Crippen LogP contribution in [0.1, 0.15) is 24.5 Å². The van der Waals surface area contributed by atoms with Gasteiger partial charge in [-0.15, -0.1) is 0 Å². The van der Waals surface area contributed by atoms with Crippen LogP contribution in [0.3, 0.4) is 0 Å². The maximum Gasteiger partial charge on any atom is 0.228 e. The Bertz CT molecular complexity index is 667. The standard InChI is InChI=1S/C19H23NO3/c1-4-10-23-17-9-8-15(12-18(17)22-3)13-19(21)20-16-7-5-6-14(2)11-16/h5-9,11-12H,4,10,13H2,1-3H3,(H,20,21). The molecule has 0 aliphatic carbocycles. The number of carbonyl (C=O) groups is 1. The largest absolute Gasteiger partial charge is 0.493 e. The highest BCUT2D eigenvalue weighted by Gasteiger charge is 2.09. The summed E-state index contributed by atoms with van der Waals surface area (Å²) in [4.78, 5) is 12.2. The molecule has 0 aliphatic rings. The van der Waals surface area contributed by atoms with Crippen molar-refractivity contribution in [1.82, 2.24) is 0 Å². The van der Waals surface area contributed by atoms with Crippen molar-refractivity contribution in [2.45, 2.75) is 26.7 Å². The molecule has 0 unspecified atom stereocenters. The van der Waals surface area contributed by atoms with E-state index in [2.05, 4.69) is 12.2 Å². The highest BCUT2D eigenvalue weighted by molar-refractivity contribution is 5.92. The molecular formula is C19H23NO3. The monoisotopic (exact) mass is 313 g/mol. The molecule has 0 aliphatic heterocycles. The highest BCUT2D eigenvalue weighted by Crippen LogP contribution is 2.28. The third-order valence-corrected chi connectivity index (χ3v) is 3.36. The van der Waals surface area contributed by atoms with E-state index in [1.54, 1.807) is 7.11 Å². The Morgan fingerprint density at radius 1 is 1.13 bits per heavy atom. The molecule has 1 N–H and O–H groups in total. The minimum Gasteiger partial charge on any atom is -0.493 e. The number of hydrogen-bond acceptors (Lipinski definition) is 3. The topological polar surface area (TPSA) is 47.6 Å². The predicted octanol–water partition coefficient (Wildman–Crippen LogP) is 3.97. The maximum atomic E-state index is 12.2. The Kier molecular flexibility index (Phi) is 6.03. The van der Waals surface area contributed by atoms with E-state index in [0.717, 1.165) is 23.2 Å². The first-order chi connectivity index (χ1) is 11.1. The smallest absolute Gasteiger partial charge is 0.228 e. The zero-order valence-electron chi connectivity index (χ0n) is 13.9. The van der Waals surface area contributed by atoms with Gasteiger partial charge in [0.25, 0.3) is 0 Å². The maximum absolute atomic E-state index is 12.2. The zero-order chi connectivity index (χ0) is 16.7. The van der Waals surface area contributed by atoms with Crippen molar-refractivity contribution in [3.63, 3.8) is 0 Å². The molecule has 0 aromatic heterocycles. The van der Waals surface area contributed by atoms with Crippen molar-refractivity contribution < 1.29 is 14.3 Å². The number of benzene rings is 2. The minimum atomic E-state index is -0.0557. The van der Waals surface area contributed by atoms with E-state index in [4.69, 9.17) is 9.47 Å². The van der Waals surface area contributed by atoms with Crippen molar-refractivity contribution in [3.05, 3.63) is 53.6 Å². The van der Waals surface area contributed by atoms with Gasteiger partial charge in [0.1, 0.15) is 0 Å². The molecule has 1 amide bonds. The Labute approximate surface area is 137 Å². The van der Waals surface area contributed by atoms with Crippen LogP contribution in [0, 0.1) is 6.92 Å². The molecule has 0 saturated heterocycles. The lowest BCUT2D eigenvalue weighted by Gasteiger charge is -2.12. The first-order valence-corrected chi connectivity index (χ1v) is 7.78. The van der Waals surface area contributed by atoms with Gasteiger partial charge >= 0.3 is 0 Å². The van der Waals surface area contributed by atoms with Gasteiger partial charge in [-0.2, -0.15) is 0 Å². The summed E-state index contributed by atoms with van der Waals surface area (Å²) in [5.41, 5.74) is 2.81. The van der Waals surface area contributed by atoms with Crippen LogP contribution in [0.5, 0.6) is 11.5 Å². The first-order valence-electron chi connectivity index (χ1n) is 7.78. The Morgan fingerprint density at radius 2 is 1.96 bits per heavy atom. The zero-order valence-corrected chi connectivity index (χ0v) is 13.9. The van der Waals surface area contributed by atoms with Gasteiger partial charge in [0.2, 0.25) is 5.91 Å². The van der Waals surface area contributed by atoms with Crippen LogP contribution < -0.4 is 14.8 Å². The van der Waals surface area contributed by atoms with Gasteiger partial charge in [-0.3, -0.25) is 4.79 Å². The lowest BCUT2D eigenvalue weighted by molar-refractivity contribution is -0.115. The van der Waals surface area contributed by atoms with E-state index in [9.17, 15) is 4.79 Å². The number of aryl methyl sites for hydroxylation is 1. The molecule has 4 nitrogen and oxygen atoms in total. The lowest BCUT2D eigenvalue weighted by atomic mass is 10.1. The van der Waals surface area contributed by atoms with Crippen molar-refractivity contribution in [2.75, 3.05) is 19.0 Å². The number of carbonyl (C=O) groups excluding carboxylic acids is 1. The lowest BCUT2D eigenvalue weighted by Crippen LogP contribution is -2.14. The predicted molar refractivity (Wildman–Crippen MR) is 92.3 cm³/mol. The van der Waals surface area contributed by atoms with E-state index >= 15 is 0 Å². The van der Waals surface area contributed by atoms with Gasteiger partial charge in [-0.25, -0.2) is 0 Å². The molecule has 0 radical (unpaired) electrons. The van der Waals surface area contributed by atoms with Crippen molar-refractivity contribution in [1.29, 1.82) is 0 Å². The Morgan fingerprint density at radius 3 is 2.65 bits per heavy atom. The normalized spacial score (nSPS) is 10.2. The molecule has 0 heterocycles. The Balaban J connectivity index is 2.03. The molecule has 2 aromatic carbocycles. The summed E-state index contributed by atoms with van der Waals surface area (Å²) in [5.74, 6) is 1.30. The summed E-state index contributed by atoms with van der Waals surface area (Å²) < 4.78 is 11.0. The van der Waals surface area contributed by atoms with Gasteiger partial charge in [0.15, 0.2) is 11.5 Å². The molecule has 122 valence electrons. The van der Waals surface area contributed by atoms with Gasteiger partial charge in [-0.1, -0.05) is 25.1 Å². The second kappa shape index (κ2) is 8.22. The molecule has 0 atom stereocenters. The SMILES string of the molecule is CCCOc1ccc(CC(=O)Nc2cccc(C)c2)cc1OC. The number of rotatable bonds is 7. The fourth-order valence-electron chi connectivity index (χ4n) is 2.27. The summed E-state index contributed by atoms with van der Waals surface area (Å²) in [6.45, 7) is 4.69. The third-order valence-electron chi connectivity index (χ3n) is 3.36. The van der Waals surface area contributed by atoms with Crippen LogP contribution in [-0.2, 0) is 11.2 Å². The third kappa shape index (κ3) is 5.02. The molecule has 2 rings (SSSR count). The van der Waals surface area contributed by atoms with Gasteiger partial charge < -0.3 is 14.8 Å².